The van der Waals surface area contributed by atoms with Crippen molar-refractivity contribution in [1.82, 2.24) is 5.01 Å². The predicted molar refractivity (Wildman–Crippen MR) is 127 cm³/mol. The van der Waals surface area contributed by atoms with Gasteiger partial charge in [-0.25, -0.2) is 5.01 Å². The van der Waals surface area contributed by atoms with E-state index in [-0.39, 0.29) is 11.9 Å². The number of nitrogens with zero attached hydrogens (tertiary/aromatic N) is 2. The number of ether oxygens (including phenoxy) is 2. The standard InChI is InChI=1S/C24H24N2O3S2/c1-16-9-11-17(12-10-16)31-15-23(27)26-20(14-19(25-26)22-8-5-13-30-22)18-6-4-7-21(28-2)24(18)29-3/h4-13,20H,14-15H2,1-3H3. The monoisotopic (exact) mass is 452 g/mol. The van der Waals surface area contributed by atoms with E-state index in [1.807, 2.05) is 47.8 Å². The Balaban J connectivity index is 1.62. The average Bonchev–Trinajstić information content (AvgIpc) is 3.48. The molecule has 0 aliphatic carbocycles. The molecule has 1 amide bonds. The highest BCUT2D eigenvalue weighted by Gasteiger charge is 2.35. The maximum atomic E-state index is 13.3. The molecule has 2 aromatic carbocycles. The van der Waals surface area contributed by atoms with Gasteiger partial charge in [0.25, 0.3) is 5.91 Å². The summed E-state index contributed by atoms with van der Waals surface area (Å²) in [5.41, 5.74) is 3.01. The van der Waals surface area contributed by atoms with Crippen molar-refractivity contribution < 1.29 is 14.3 Å². The molecule has 160 valence electrons. The zero-order chi connectivity index (χ0) is 21.8. The van der Waals surface area contributed by atoms with Crippen LogP contribution in [0.5, 0.6) is 11.5 Å². The number of hydrazone groups is 1. The van der Waals surface area contributed by atoms with Crippen LogP contribution >= 0.6 is 23.1 Å². The first kappa shape index (κ1) is 21.5. The van der Waals surface area contributed by atoms with Crippen molar-refractivity contribution in [2.45, 2.75) is 24.3 Å². The van der Waals surface area contributed by atoms with Crippen molar-refractivity contribution in [2.24, 2.45) is 5.10 Å². The van der Waals surface area contributed by atoms with Gasteiger partial charge < -0.3 is 9.47 Å². The molecule has 2 heterocycles. The van der Waals surface area contributed by atoms with Crippen LogP contribution in [0.1, 0.15) is 28.5 Å². The third kappa shape index (κ3) is 4.62. The first-order chi connectivity index (χ1) is 15.1. The minimum Gasteiger partial charge on any atom is -0.493 e. The van der Waals surface area contributed by atoms with Gasteiger partial charge in [0.1, 0.15) is 0 Å². The lowest BCUT2D eigenvalue weighted by molar-refractivity contribution is -0.130. The highest BCUT2D eigenvalue weighted by atomic mass is 32.2. The zero-order valence-corrected chi connectivity index (χ0v) is 19.3. The molecule has 0 saturated carbocycles. The van der Waals surface area contributed by atoms with Crippen molar-refractivity contribution >= 4 is 34.7 Å². The molecule has 4 rings (SSSR count). The minimum absolute atomic E-state index is 0.0352. The average molecular weight is 453 g/mol. The van der Waals surface area contributed by atoms with Crippen LogP contribution < -0.4 is 9.47 Å². The van der Waals surface area contributed by atoms with Crippen molar-refractivity contribution in [2.75, 3.05) is 20.0 Å². The van der Waals surface area contributed by atoms with Gasteiger partial charge in [0.15, 0.2) is 11.5 Å². The van der Waals surface area contributed by atoms with Crippen molar-refractivity contribution in [3.05, 3.63) is 76.0 Å². The van der Waals surface area contributed by atoms with E-state index < -0.39 is 0 Å². The molecule has 0 fully saturated rings. The largest absolute Gasteiger partial charge is 0.493 e. The van der Waals surface area contributed by atoms with Crippen molar-refractivity contribution in [3.63, 3.8) is 0 Å². The molecule has 0 N–H and O–H groups in total. The SMILES string of the molecule is COc1cccc(C2CC(c3cccs3)=NN2C(=O)CSc2ccc(C)cc2)c1OC. The highest BCUT2D eigenvalue weighted by Crippen LogP contribution is 2.42. The molecule has 0 radical (unpaired) electrons. The molecule has 0 bridgehead atoms. The molecule has 0 saturated heterocycles. The number of methoxy groups -OCH3 is 2. The molecule has 0 spiro atoms. The van der Waals surface area contributed by atoms with Crippen LogP contribution in [-0.2, 0) is 4.79 Å². The van der Waals surface area contributed by atoms with E-state index >= 15 is 0 Å². The summed E-state index contributed by atoms with van der Waals surface area (Å²) >= 11 is 3.15. The quantitative estimate of drug-likeness (QED) is 0.442. The summed E-state index contributed by atoms with van der Waals surface area (Å²) in [4.78, 5) is 15.4. The van der Waals surface area contributed by atoms with Gasteiger partial charge in [-0.05, 0) is 36.6 Å². The molecule has 1 aliphatic rings. The summed E-state index contributed by atoms with van der Waals surface area (Å²) in [7, 11) is 3.24. The molecular weight excluding hydrogens is 428 g/mol. The molecule has 5 nitrogen and oxygen atoms in total. The highest BCUT2D eigenvalue weighted by molar-refractivity contribution is 8.00. The summed E-state index contributed by atoms with van der Waals surface area (Å²) in [5, 5.41) is 8.39. The Morgan fingerprint density at radius 3 is 2.61 bits per heavy atom. The lowest BCUT2D eigenvalue weighted by Gasteiger charge is -2.24. The number of thiophene rings is 1. The number of carbonyl (C=O) groups is 1. The van der Waals surface area contributed by atoms with Gasteiger partial charge in [-0.3, -0.25) is 4.79 Å². The lowest BCUT2D eigenvalue weighted by atomic mass is 9.99. The van der Waals surface area contributed by atoms with Crippen molar-refractivity contribution in [1.29, 1.82) is 0 Å². The molecular formula is C24H24N2O3S2. The number of hydrogen-bond donors (Lipinski definition) is 0. The van der Waals surface area contributed by atoms with Gasteiger partial charge in [0.2, 0.25) is 0 Å². The second kappa shape index (κ2) is 9.58. The predicted octanol–water partition coefficient (Wildman–Crippen LogP) is 5.54. The minimum atomic E-state index is -0.242. The Morgan fingerprint density at radius 1 is 1.13 bits per heavy atom. The van der Waals surface area contributed by atoms with E-state index in [0.717, 1.165) is 21.0 Å². The van der Waals surface area contributed by atoms with Gasteiger partial charge in [0, 0.05) is 16.9 Å². The summed E-state index contributed by atoms with van der Waals surface area (Å²) in [6.07, 6.45) is 0.630. The van der Waals surface area contributed by atoms with E-state index in [0.29, 0.717) is 23.7 Å². The fourth-order valence-corrected chi connectivity index (χ4v) is 5.07. The fraction of sp³-hybridized carbons (Fsp3) is 0.250. The Kier molecular flexibility index (Phi) is 6.63. The fourth-order valence-electron chi connectivity index (χ4n) is 3.59. The molecule has 1 aliphatic heterocycles. The number of thioether (sulfide) groups is 1. The van der Waals surface area contributed by atoms with Gasteiger partial charge in [-0.2, -0.15) is 5.10 Å². The maximum Gasteiger partial charge on any atom is 0.253 e. The van der Waals surface area contributed by atoms with Gasteiger partial charge >= 0.3 is 0 Å². The van der Waals surface area contributed by atoms with Crippen LogP contribution in [-0.4, -0.2) is 36.6 Å². The Morgan fingerprint density at radius 2 is 1.94 bits per heavy atom. The number of aryl methyl sites for hydroxylation is 1. The molecule has 3 aromatic rings. The number of rotatable bonds is 7. The van der Waals surface area contributed by atoms with E-state index in [9.17, 15) is 4.79 Å². The first-order valence-corrected chi connectivity index (χ1v) is 11.8. The zero-order valence-electron chi connectivity index (χ0n) is 17.7. The van der Waals surface area contributed by atoms with Crippen LogP contribution in [0.25, 0.3) is 0 Å². The smallest absolute Gasteiger partial charge is 0.253 e. The third-order valence-electron chi connectivity index (χ3n) is 5.15. The van der Waals surface area contributed by atoms with Crippen LogP contribution in [0.2, 0.25) is 0 Å². The summed E-state index contributed by atoms with van der Waals surface area (Å²) in [6.45, 7) is 2.05. The number of amides is 1. The maximum absolute atomic E-state index is 13.3. The molecule has 1 atom stereocenters. The summed E-state index contributed by atoms with van der Waals surface area (Å²) in [5.74, 6) is 1.56. The van der Waals surface area contributed by atoms with Crippen LogP contribution in [0.15, 0.2) is 70.0 Å². The van der Waals surface area contributed by atoms with E-state index in [1.54, 1.807) is 30.6 Å². The summed E-state index contributed by atoms with van der Waals surface area (Å²) < 4.78 is 11.1. The van der Waals surface area contributed by atoms with Crippen molar-refractivity contribution in [3.8, 4) is 11.5 Å². The molecule has 31 heavy (non-hydrogen) atoms. The topological polar surface area (TPSA) is 51.1 Å². The number of benzene rings is 2. The second-order valence-corrected chi connectivity index (χ2v) is 9.16. The normalized spacial score (nSPS) is 15.6. The van der Waals surface area contributed by atoms with Crippen LogP contribution in [0.4, 0.5) is 0 Å². The van der Waals surface area contributed by atoms with Crippen LogP contribution in [0, 0.1) is 6.92 Å². The van der Waals surface area contributed by atoms with Gasteiger partial charge in [-0.1, -0.05) is 35.9 Å². The first-order valence-electron chi connectivity index (χ1n) is 9.94. The molecule has 1 unspecified atom stereocenters. The Hall–Kier alpha value is -2.77. The lowest BCUT2D eigenvalue weighted by Crippen LogP contribution is -2.28. The Labute approximate surface area is 190 Å². The Bertz CT molecular complexity index is 1080. The van der Waals surface area contributed by atoms with E-state index in [1.165, 1.54) is 17.3 Å². The molecule has 1 aromatic heterocycles. The van der Waals surface area contributed by atoms with Crippen LogP contribution in [0.3, 0.4) is 0 Å². The number of hydrogen-bond acceptors (Lipinski definition) is 6. The third-order valence-corrected chi connectivity index (χ3v) is 7.06. The second-order valence-electron chi connectivity index (χ2n) is 7.17. The van der Waals surface area contributed by atoms with Gasteiger partial charge in [-0.15, -0.1) is 23.1 Å². The van der Waals surface area contributed by atoms with E-state index in [4.69, 9.17) is 14.6 Å². The molecule has 7 heteroatoms. The summed E-state index contributed by atoms with van der Waals surface area (Å²) in [6, 6.07) is 17.8. The van der Waals surface area contributed by atoms with Gasteiger partial charge in [0.05, 0.1) is 36.6 Å². The number of carbonyl (C=O) groups excluding carboxylic acids is 1. The number of para-hydroxylation sites is 1. The van der Waals surface area contributed by atoms with E-state index in [2.05, 4.69) is 19.1 Å².